The number of aromatic nitrogens is 3. The van der Waals surface area contributed by atoms with Crippen LogP contribution >= 0.6 is 11.8 Å². The first kappa shape index (κ1) is 24.5. The third kappa shape index (κ3) is 6.09. The molecule has 35 heavy (non-hydrogen) atoms. The molecule has 0 radical (unpaired) electrons. The Hall–Kier alpha value is -3.62. The van der Waals surface area contributed by atoms with Crippen molar-refractivity contribution in [3.8, 4) is 22.8 Å². The molecule has 0 saturated heterocycles. The van der Waals surface area contributed by atoms with Crippen molar-refractivity contribution in [1.29, 1.82) is 0 Å². The molecule has 4 aromatic rings. The summed E-state index contributed by atoms with van der Waals surface area (Å²) in [6.45, 7) is 0.499. The molecule has 180 valence electrons. The molecule has 1 atom stereocenters. The minimum absolute atomic E-state index is 0.0486. The molecule has 0 aliphatic carbocycles. The highest BCUT2D eigenvalue weighted by Crippen LogP contribution is 2.28. The average Bonchev–Trinajstić information content (AvgIpc) is 3.33. The molecule has 1 aromatic heterocycles. The molecule has 0 aliphatic rings. The van der Waals surface area contributed by atoms with E-state index in [9.17, 15) is 4.79 Å². The minimum Gasteiger partial charge on any atom is -0.497 e. The molecule has 8 heteroatoms. The van der Waals surface area contributed by atoms with Gasteiger partial charge in [0.15, 0.2) is 11.0 Å². The Bertz CT molecular complexity index is 1230. The third-order valence-corrected chi connectivity index (χ3v) is 6.56. The molecular formula is C27H29N5O2S. The summed E-state index contributed by atoms with van der Waals surface area (Å²) in [5.74, 6) is 1.73. The van der Waals surface area contributed by atoms with Gasteiger partial charge < -0.3 is 15.0 Å². The number of benzene rings is 3. The van der Waals surface area contributed by atoms with Crippen LogP contribution in [0.5, 0.6) is 5.75 Å². The maximum Gasteiger partial charge on any atom is 0.230 e. The zero-order chi connectivity index (χ0) is 24.6. The fourth-order valence-electron chi connectivity index (χ4n) is 3.76. The van der Waals surface area contributed by atoms with Gasteiger partial charge in [-0.1, -0.05) is 72.4 Å². The van der Waals surface area contributed by atoms with Crippen LogP contribution in [0.1, 0.15) is 11.6 Å². The molecule has 0 spiro atoms. The van der Waals surface area contributed by atoms with Crippen LogP contribution in [0.2, 0.25) is 0 Å². The van der Waals surface area contributed by atoms with E-state index in [-0.39, 0.29) is 17.7 Å². The average molecular weight is 488 g/mol. The van der Waals surface area contributed by atoms with Gasteiger partial charge in [-0.3, -0.25) is 9.36 Å². The monoisotopic (exact) mass is 487 g/mol. The summed E-state index contributed by atoms with van der Waals surface area (Å²) in [5, 5.41) is 12.6. The molecule has 0 bridgehead atoms. The molecule has 0 aliphatic heterocycles. The smallest absolute Gasteiger partial charge is 0.230 e. The number of nitrogens with one attached hydrogen (secondary N) is 1. The Labute approximate surface area is 210 Å². The summed E-state index contributed by atoms with van der Waals surface area (Å²) in [6.07, 6.45) is 0. The van der Waals surface area contributed by atoms with E-state index >= 15 is 0 Å². The fourth-order valence-corrected chi connectivity index (χ4v) is 4.55. The van der Waals surface area contributed by atoms with Gasteiger partial charge in [0, 0.05) is 17.8 Å². The molecule has 1 amide bonds. The molecule has 1 heterocycles. The second-order valence-electron chi connectivity index (χ2n) is 8.19. The normalized spacial score (nSPS) is 11.9. The van der Waals surface area contributed by atoms with Crippen LogP contribution in [0.3, 0.4) is 0 Å². The lowest BCUT2D eigenvalue weighted by Crippen LogP contribution is -2.35. The van der Waals surface area contributed by atoms with Crippen LogP contribution in [0.4, 0.5) is 0 Å². The Morgan fingerprint density at radius 1 is 0.971 bits per heavy atom. The van der Waals surface area contributed by atoms with E-state index in [1.54, 1.807) is 7.11 Å². The van der Waals surface area contributed by atoms with Crippen molar-refractivity contribution in [2.45, 2.75) is 11.2 Å². The van der Waals surface area contributed by atoms with Crippen molar-refractivity contribution in [2.24, 2.45) is 0 Å². The summed E-state index contributed by atoms with van der Waals surface area (Å²) in [5.41, 5.74) is 3.03. The molecular weight excluding hydrogens is 458 g/mol. The first-order valence-electron chi connectivity index (χ1n) is 11.3. The lowest BCUT2D eigenvalue weighted by molar-refractivity contribution is -0.118. The highest BCUT2D eigenvalue weighted by Gasteiger charge is 2.19. The SMILES string of the molecule is COc1ccc(C(CNC(=O)CSc2nnc(-c3ccccc3)n2-c2ccccc2)N(C)C)cc1. The number of likely N-dealkylation sites (N-methyl/N-ethyl adjacent to an activating group) is 1. The maximum absolute atomic E-state index is 12.8. The number of hydrogen-bond donors (Lipinski definition) is 1. The van der Waals surface area contributed by atoms with Crippen LogP contribution < -0.4 is 10.1 Å². The van der Waals surface area contributed by atoms with Crippen molar-refractivity contribution in [1.82, 2.24) is 25.0 Å². The Morgan fingerprint density at radius 3 is 2.26 bits per heavy atom. The number of rotatable bonds is 10. The number of thioether (sulfide) groups is 1. The number of nitrogens with zero attached hydrogens (tertiary/aromatic N) is 4. The van der Waals surface area contributed by atoms with E-state index in [0.717, 1.165) is 28.4 Å². The van der Waals surface area contributed by atoms with Crippen molar-refractivity contribution in [3.63, 3.8) is 0 Å². The number of ether oxygens (including phenoxy) is 1. The van der Waals surface area contributed by atoms with Gasteiger partial charge in [0.25, 0.3) is 0 Å². The van der Waals surface area contributed by atoms with Crippen molar-refractivity contribution in [2.75, 3.05) is 33.5 Å². The molecule has 7 nitrogen and oxygen atoms in total. The van der Waals surface area contributed by atoms with E-state index in [4.69, 9.17) is 4.74 Å². The van der Waals surface area contributed by atoms with Gasteiger partial charge in [-0.25, -0.2) is 0 Å². The van der Waals surface area contributed by atoms with Gasteiger partial charge >= 0.3 is 0 Å². The van der Waals surface area contributed by atoms with Gasteiger partial charge in [-0.15, -0.1) is 10.2 Å². The molecule has 0 fully saturated rings. The quantitative estimate of drug-likeness (QED) is 0.333. The lowest BCUT2D eigenvalue weighted by atomic mass is 10.1. The van der Waals surface area contributed by atoms with Gasteiger partial charge in [0.05, 0.1) is 18.9 Å². The van der Waals surface area contributed by atoms with Gasteiger partial charge in [-0.05, 0) is 43.9 Å². The van der Waals surface area contributed by atoms with Crippen LogP contribution in [0, 0.1) is 0 Å². The number of carbonyl (C=O) groups is 1. The Balaban J connectivity index is 1.45. The summed E-state index contributed by atoms with van der Waals surface area (Å²) in [4.78, 5) is 14.9. The van der Waals surface area contributed by atoms with Crippen molar-refractivity contribution >= 4 is 17.7 Å². The maximum atomic E-state index is 12.8. The summed E-state index contributed by atoms with van der Waals surface area (Å²) in [6, 6.07) is 27.9. The molecule has 3 aromatic carbocycles. The highest BCUT2D eigenvalue weighted by molar-refractivity contribution is 7.99. The van der Waals surface area contributed by atoms with Crippen molar-refractivity contribution < 1.29 is 9.53 Å². The fraction of sp³-hybridized carbons (Fsp3) is 0.222. The van der Waals surface area contributed by atoms with E-state index < -0.39 is 0 Å². The lowest BCUT2D eigenvalue weighted by Gasteiger charge is -2.25. The molecule has 0 saturated carbocycles. The number of hydrogen-bond acceptors (Lipinski definition) is 6. The summed E-state index contributed by atoms with van der Waals surface area (Å²) in [7, 11) is 5.66. The summed E-state index contributed by atoms with van der Waals surface area (Å²) >= 11 is 1.37. The zero-order valence-electron chi connectivity index (χ0n) is 20.1. The van der Waals surface area contributed by atoms with Gasteiger partial charge in [0.1, 0.15) is 5.75 Å². The van der Waals surface area contributed by atoms with Crippen LogP contribution in [-0.2, 0) is 4.79 Å². The van der Waals surface area contributed by atoms with E-state index in [0.29, 0.717) is 11.7 Å². The van der Waals surface area contributed by atoms with Crippen LogP contribution in [-0.4, -0.2) is 59.1 Å². The Kier molecular flexibility index (Phi) is 8.18. The molecule has 1 unspecified atom stereocenters. The largest absolute Gasteiger partial charge is 0.497 e. The van der Waals surface area contributed by atoms with Crippen LogP contribution in [0.25, 0.3) is 17.1 Å². The highest BCUT2D eigenvalue weighted by atomic mass is 32.2. The predicted octanol–water partition coefficient (Wildman–Crippen LogP) is 4.45. The number of amides is 1. The van der Waals surface area contributed by atoms with Crippen molar-refractivity contribution in [3.05, 3.63) is 90.5 Å². The first-order valence-corrected chi connectivity index (χ1v) is 12.3. The molecule has 4 rings (SSSR count). The second-order valence-corrected chi connectivity index (χ2v) is 9.13. The van der Waals surface area contributed by atoms with Crippen LogP contribution in [0.15, 0.2) is 90.1 Å². The number of para-hydroxylation sites is 1. The topological polar surface area (TPSA) is 72.3 Å². The van der Waals surface area contributed by atoms with E-state index in [1.165, 1.54) is 11.8 Å². The second kappa shape index (κ2) is 11.7. The third-order valence-electron chi connectivity index (χ3n) is 5.63. The first-order chi connectivity index (χ1) is 17.1. The number of carbonyl (C=O) groups excluding carboxylic acids is 1. The predicted molar refractivity (Wildman–Crippen MR) is 140 cm³/mol. The zero-order valence-corrected chi connectivity index (χ0v) is 20.9. The van der Waals surface area contributed by atoms with Gasteiger partial charge in [0.2, 0.25) is 5.91 Å². The molecule has 1 N–H and O–H groups in total. The minimum atomic E-state index is -0.0563. The number of methoxy groups -OCH3 is 1. The van der Waals surface area contributed by atoms with E-state index in [1.807, 2.05) is 104 Å². The summed E-state index contributed by atoms with van der Waals surface area (Å²) < 4.78 is 7.25. The standard InChI is InChI=1S/C27H29N5O2S/c1-31(2)24(20-14-16-23(34-3)17-15-20)18-28-25(33)19-35-27-30-29-26(21-10-6-4-7-11-21)32(27)22-12-8-5-9-13-22/h4-17,24H,18-19H2,1-3H3,(H,28,33). The Morgan fingerprint density at radius 2 is 1.63 bits per heavy atom. The van der Waals surface area contributed by atoms with E-state index in [2.05, 4.69) is 20.4 Å². The van der Waals surface area contributed by atoms with Gasteiger partial charge in [-0.2, -0.15) is 0 Å².